The predicted octanol–water partition coefficient (Wildman–Crippen LogP) is 6.09. The molecule has 19 heterocycles. The van der Waals surface area contributed by atoms with Gasteiger partial charge in [0.1, 0.15) is 93.9 Å². The minimum absolute atomic E-state index is 0.00106. The summed E-state index contributed by atoms with van der Waals surface area (Å²) in [5, 5.41) is 0. The zero-order chi connectivity index (χ0) is 99.4. The van der Waals surface area contributed by atoms with Crippen molar-refractivity contribution in [2.75, 3.05) is 149 Å². The van der Waals surface area contributed by atoms with Crippen LogP contribution in [0.4, 0.5) is 35.0 Å². The van der Waals surface area contributed by atoms with Crippen LogP contribution >= 0.6 is 23.5 Å². The van der Waals surface area contributed by atoms with Crippen molar-refractivity contribution in [1.29, 1.82) is 0 Å². The third-order valence-corrected chi connectivity index (χ3v) is 24.9. The van der Waals surface area contributed by atoms with Gasteiger partial charge in [-0.15, -0.1) is 11.8 Å². The summed E-state index contributed by atoms with van der Waals surface area (Å²) in [6.45, 7) is 15.7. The lowest BCUT2D eigenvalue weighted by molar-refractivity contribution is -0.134. The highest BCUT2D eigenvalue weighted by atomic mass is 32.2. The average molecular weight is 1970 g/mol. The molecule has 16 unspecified atom stereocenters. The summed E-state index contributed by atoms with van der Waals surface area (Å²) in [4.78, 5) is 115. The highest BCUT2D eigenvalue weighted by Gasteiger charge is 2.36. The minimum Gasteiger partial charge on any atom is -0.383 e. The van der Waals surface area contributed by atoms with E-state index >= 15 is 0 Å². The molecule has 139 heavy (non-hydrogen) atoms. The van der Waals surface area contributed by atoms with Crippen molar-refractivity contribution in [3.05, 3.63) is 163 Å². The standard InChI is InChI=1S/C14H19N5O.C13H18N4O2.C12H16N4O2.C11H15N5O3.C10H15N3O3.2C9H13N3O3S.C9H13N3O3/c1-9-16-13(18(2)3)12-14(17-9)19(8-15-12)10-5-6-11(7-10)20-4;1-8-12-13(16-9(2)15-8)17(7-14-12)11-5-4-10(19-11)6-18-3;1-7-11-12(15-8(2)14-7)16(6-13-11)9-4-5-10(17-3)18-9;1-6-9-10(15-11(12)14-6)16(5-13-9)7-3-18-8(19-7)4-17-2;1-15-6-7-2-3-9(16-7)13-5-4-8(11)12-10(13)14;1-5-3-12(8(13)11-7(5)10)6-4-16-9(14-2)15-6;1-14-4-8-15-7(5-16-8)12-3-2-6(10)11-9(12)13;1-14-8-3-2-7(15-8)12-5-4-6(10)11-9(12)13/h5-6,8,10-11H,7H2,1-4H3;7,10-11H,4-6H2,1-3H3;6,9-10H,4-5H2,1-3H3;5,7-8H,3-4H2,1-2H3,(H2,12,14,15);4-5,7,9H,2-3,6H2,1H3,(H2,11,12,14);3,6,9H,4H2,1-2H3,(H2,10,11,13);2-3,7-8H,4-5H2,1H3,(H2,10,11,13);4-5,7-8H,2-3H2,1H3,(H2,10,11,13). The maximum Gasteiger partial charge on any atom is 0.351 e. The van der Waals surface area contributed by atoms with Gasteiger partial charge in [0.15, 0.2) is 65.2 Å². The average Bonchev–Trinajstić information content (AvgIpc) is 1.65. The van der Waals surface area contributed by atoms with E-state index in [4.69, 9.17) is 104 Å². The molecule has 52 heteroatoms. The molecular formula is C87H122N30O20S2. The number of nitrogen functional groups attached to an aromatic ring is 5. The van der Waals surface area contributed by atoms with Gasteiger partial charge < -0.3 is 114 Å². The third-order valence-electron chi connectivity index (χ3n) is 22.8. The molecule has 1 aliphatic carbocycles. The smallest absolute Gasteiger partial charge is 0.351 e. The van der Waals surface area contributed by atoms with Crippen LogP contribution in [-0.2, 0) is 75.8 Å². The molecule has 20 rings (SSSR count). The summed E-state index contributed by atoms with van der Waals surface area (Å²) >= 11 is 3.12. The van der Waals surface area contributed by atoms with E-state index in [9.17, 15) is 19.2 Å². The van der Waals surface area contributed by atoms with Crippen LogP contribution in [0.25, 0.3) is 44.7 Å². The first-order valence-corrected chi connectivity index (χ1v) is 46.8. The van der Waals surface area contributed by atoms with E-state index in [-0.39, 0.29) is 138 Å². The van der Waals surface area contributed by atoms with Crippen LogP contribution in [0.1, 0.15) is 148 Å². The first-order valence-electron chi connectivity index (χ1n) is 44.7. The van der Waals surface area contributed by atoms with Gasteiger partial charge in [-0.05, 0) is 105 Å². The summed E-state index contributed by atoms with van der Waals surface area (Å²) < 4.78 is 99.7. The number of aromatic nitrogens is 24. The van der Waals surface area contributed by atoms with Gasteiger partial charge in [0.2, 0.25) is 11.6 Å². The molecule has 16 atom stereocenters. The molecule has 0 amide bonds. The van der Waals surface area contributed by atoms with E-state index in [1.165, 1.54) is 30.0 Å². The fourth-order valence-electron chi connectivity index (χ4n) is 16.0. The van der Waals surface area contributed by atoms with Crippen molar-refractivity contribution in [2.24, 2.45) is 0 Å². The lowest BCUT2D eigenvalue weighted by Crippen LogP contribution is -2.29. The monoisotopic (exact) mass is 1970 g/mol. The number of ether oxygens (including phenoxy) is 16. The van der Waals surface area contributed by atoms with E-state index in [0.29, 0.717) is 55.7 Å². The fourth-order valence-corrected chi connectivity index (χ4v) is 18.0. The maximum atomic E-state index is 11.6. The molecule has 12 aromatic rings. The van der Waals surface area contributed by atoms with Crippen molar-refractivity contribution < 1.29 is 75.8 Å². The summed E-state index contributed by atoms with van der Waals surface area (Å²) in [5.41, 5.74) is 35.3. The van der Waals surface area contributed by atoms with E-state index in [1.54, 1.807) is 142 Å². The van der Waals surface area contributed by atoms with Crippen molar-refractivity contribution in [3.63, 3.8) is 0 Å². The SMILES string of the molecule is COC1C=CC(n2cnc3c(N(C)C)nc(C)nc32)C1.COC1CCC(n2ccc(N)nc2=O)O1.COC1CCC(n2cnc3c(C)nc(C)nc32)O1.COC1OC(n2cc(C)c(N)nc2=O)CS1.COCC1CCC(n2ccc(N)nc2=O)O1.COCC1CCC(n2cnc3c(C)nc(C)nc32)O1.COCC1OC(n2ccc(N)nc2=O)CS1.COCC1OCC(n2cnc3c(C)nc(N)nc32)O1. The van der Waals surface area contributed by atoms with Gasteiger partial charge in [-0.25, -0.2) is 74.0 Å². The number of nitrogens with zero attached hydrogens (tertiary/aromatic N) is 25. The molecule has 0 saturated carbocycles. The van der Waals surface area contributed by atoms with Gasteiger partial charge in [0.05, 0.1) is 99.8 Å². The van der Waals surface area contributed by atoms with E-state index in [1.807, 2.05) is 76.0 Å². The molecule has 0 bridgehead atoms. The van der Waals surface area contributed by atoms with Crippen LogP contribution in [-0.4, -0.2) is 280 Å². The van der Waals surface area contributed by atoms with Crippen LogP contribution in [0, 0.1) is 48.5 Å². The van der Waals surface area contributed by atoms with Gasteiger partial charge in [-0.3, -0.25) is 32.0 Å². The molecule has 7 fully saturated rings. The Hall–Kier alpha value is -11.7. The van der Waals surface area contributed by atoms with Gasteiger partial charge in [-0.2, -0.15) is 24.9 Å². The van der Waals surface area contributed by atoms with Crippen molar-refractivity contribution >= 4 is 103 Å². The van der Waals surface area contributed by atoms with E-state index in [0.717, 1.165) is 137 Å². The Kier molecular flexibility index (Phi) is 36.9. The molecule has 0 spiro atoms. The highest BCUT2D eigenvalue weighted by Crippen LogP contribution is 2.38. The molecule has 8 aliphatic rings. The van der Waals surface area contributed by atoms with Gasteiger partial charge in [-0.1, -0.05) is 23.9 Å². The maximum absolute atomic E-state index is 11.6. The Bertz CT molecular complexity index is 6190. The van der Waals surface area contributed by atoms with Crippen LogP contribution in [0.5, 0.6) is 0 Å². The zero-order valence-corrected chi connectivity index (χ0v) is 82.2. The Labute approximate surface area is 807 Å². The normalized spacial score (nSPS) is 23.9. The number of thioether (sulfide) groups is 2. The van der Waals surface area contributed by atoms with Gasteiger partial charge in [0.25, 0.3) is 0 Å². The number of hydrogen-bond donors (Lipinski definition) is 5. The molecule has 0 aromatic carbocycles. The summed E-state index contributed by atoms with van der Waals surface area (Å²) in [5.74, 6) is 5.65. The molecule has 7 saturated heterocycles. The van der Waals surface area contributed by atoms with E-state index < -0.39 is 11.4 Å². The number of fused-ring (bicyclic) bond motifs is 4. The highest BCUT2D eigenvalue weighted by molar-refractivity contribution is 8.00. The van der Waals surface area contributed by atoms with Crippen molar-refractivity contribution in [2.45, 2.75) is 204 Å². The number of nitrogens with two attached hydrogens (primary N) is 5. The summed E-state index contributed by atoms with van der Waals surface area (Å²) in [6.07, 6.45) is 23.8. The largest absolute Gasteiger partial charge is 0.383 e. The lowest BCUT2D eigenvalue weighted by Gasteiger charge is -2.15. The summed E-state index contributed by atoms with van der Waals surface area (Å²) in [6, 6.07) is 4.99. The number of hydrogen-bond acceptors (Lipinski definition) is 44. The Morgan fingerprint density at radius 1 is 0.403 bits per heavy atom. The zero-order valence-electron chi connectivity index (χ0n) is 80.6. The van der Waals surface area contributed by atoms with Crippen LogP contribution in [0.15, 0.2) is 99.6 Å². The molecule has 10 N–H and O–H groups in total. The van der Waals surface area contributed by atoms with Gasteiger partial charge >= 0.3 is 22.8 Å². The number of anilines is 6. The van der Waals surface area contributed by atoms with Crippen molar-refractivity contribution in [1.82, 2.24) is 116 Å². The molecular weight excluding hydrogens is 1850 g/mol. The van der Waals surface area contributed by atoms with Crippen molar-refractivity contribution in [3.8, 4) is 0 Å². The fraction of sp³-hybridized carbons (Fsp3) is 0.563. The second-order valence-electron chi connectivity index (χ2n) is 33.0. The molecule has 50 nitrogen and oxygen atoms in total. The van der Waals surface area contributed by atoms with Crippen LogP contribution in [0.3, 0.4) is 0 Å². The first kappa shape index (κ1) is 105. The number of rotatable bonds is 21. The number of allylic oxidation sites excluding steroid dienone is 1. The van der Waals surface area contributed by atoms with E-state index in [2.05, 4.69) is 96.5 Å². The summed E-state index contributed by atoms with van der Waals surface area (Å²) in [7, 11) is 17.0. The molecule has 752 valence electrons. The Balaban J connectivity index is 0.000000134. The Morgan fingerprint density at radius 3 is 1.32 bits per heavy atom. The third kappa shape index (κ3) is 26.5. The predicted molar refractivity (Wildman–Crippen MR) is 512 cm³/mol. The second-order valence-corrected chi connectivity index (χ2v) is 35.2. The second kappa shape index (κ2) is 48.9. The first-order chi connectivity index (χ1) is 66.9. The topological polar surface area (TPSA) is 595 Å². The van der Waals surface area contributed by atoms with Crippen LogP contribution < -0.4 is 56.3 Å². The number of imidazole rings is 4. The van der Waals surface area contributed by atoms with Gasteiger partial charge in [0, 0.05) is 132 Å². The Morgan fingerprint density at radius 2 is 0.842 bits per heavy atom. The molecule has 0 radical (unpaired) electrons. The number of methoxy groups -OCH3 is 8. The number of aryl methyl sites for hydroxylation is 7. The molecule has 12 aromatic heterocycles. The lowest BCUT2D eigenvalue weighted by atomic mass is 10.2. The molecule has 7 aliphatic heterocycles. The minimum atomic E-state index is -0.398. The van der Waals surface area contributed by atoms with Crippen LogP contribution in [0.2, 0.25) is 0 Å². The quantitative estimate of drug-likeness (QED) is 0.0508.